The molecule has 1 aliphatic rings. The zero-order valence-electron chi connectivity index (χ0n) is 18.0. The first-order valence-electron chi connectivity index (χ1n) is 10.0. The molecule has 0 aliphatic carbocycles. The lowest BCUT2D eigenvalue weighted by atomic mass is 9.98. The Kier molecular flexibility index (Phi) is 6.08. The Morgan fingerprint density at radius 2 is 1.67 bits per heavy atom. The number of benzene rings is 2. The van der Waals surface area contributed by atoms with Crippen LogP contribution in [0.25, 0.3) is 21.5 Å². The number of hydrogen-bond donors (Lipinski definition) is 5. The quantitative estimate of drug-likeness (QED) is 0.326. The Morgan fingerprint density at radius 3 is 2.30 bits per heavy atom. The molecular weight excluding hydrogens is 440 g/mol. The minimum Gasteiger partial charge on any atom is -0.506 e. The van der Waals surface area contributed by atoms with Crippen molar-refractivity contribution in [3.63, 3.8) is 0 Å². The van der Waals surface area contributed by atoms with Gasteiger partial charge in [-0.05, 0) is 19.1 Å². The molecule has 3 aromatic rings. The second kappa shape index (κ2) is 8.69. The lowest BCUT2D eigenvalue weighted by Gasteiger charge is -2.39. The summed E-state index contributed by atoms with van der Waals surface area (Å²) < 4.78 is 27.2. The first-order chi connectivity index (χ1) is 15.7. The lowest BCUT2D eigenvalue weighted by Crippen LogP contribution is -2.60. The first kappa shape index (κ1) is 23.1. The fourth-order valence-corrected chi connectivity index (χ4v) is 4.02. The van der Waals surface area contributed by atoms with Gasteiger partial charge in [0.25, 0.3) is 0 Å². The molecule has 33 heavy (non-hydrogen) atoms. The molecule has 1 saturated heterocycles. The summed E-state index contributed by atoms with van der Waals surface area (Å²) in [5.41, 5.74) is -0.794. The first-order valence-corrected chi connectivity index (χ1v) is 10.0. The summed E-state index contributed by atoms with van der Waals surface area (Å²) in [5, 5.41) is 51.5. The van der Waals surface area contributed by atoms with Crippen molar-refractivity contribution in [1.82, 2.24) is 0 Å². The predicted molar refractivity (Wildman–Crippen MR) is 114 cm³/mol. The van der Waals surface area contributed by atoms with Crippen LogP contribution in [0.1, 0.15) is 5.76 Å². The summed E-state index contributed by atoms with van der Waals surface area (Å²) in [7, 11) is 2.80. The number of rotatable bonds is 5. The van der Waals surface area contributed by atoms with Gasteiger partial charge in [0, 0.05) is 16.8 Å². The van der Waals surface area contributed by atoms with E-state index in [0.29, 0.717) is 22.3 Å². The second-order valence-corrected chi connectivity index (χ2v) is 7.68. The van der Waals surface area contributed by atoms with Gasteiger partial charge in [-0.3, -0.25) is 0 Å². The highest BCUT2D eigenvalue weighted by atomic mass is 16.7. The summed E-state index contributed by atoms with van der Waals surface area (Å²) in [4.78, 5) is 12.6. The van der Waals surface area contributed by atoms with E-state index in [-0.39, 0.29) is 22.3 Å². The number of ether oxygens (including phenoxy) is 4. The van der Waals surface area contributed by atoms with Crippen LogP contribution in [0.2, 0.25) is 0 Å². The number of phenols is 1. The summed E-state index contributed by atoms with van der Waals surface area (Å²) in [5.74, 6) is 0.304. The molecule has 11 heteroatoms. The molecule has 1 aromatic heterocycles. The Balaban J connectivity index is 1.97. The maximum absolute atomic E-state index is 12.6. The van der Waals surface area contributed by atoms with Gasteiger partial charge in [0.05, 0.1) is 26.2 Å². The average molecular weight is 464 g/mol. The van der Waals surface area contributed by atoms with Gasteiger partial charge in [-0.25, -0.2) is 4.79 Å². The van der Waals surface area contributed by atoms with Crippen LogP contribution in [0.5, 0.6) is 23.0 Å². The van der Waals surface area contributed by atoms with E-state index in [1.54, 1.807) is 19.1 Å². The van der Waals surface area contributed by atoms with Crippen LogP contribution in [-0.4, -0.2) is 77.1 Å². The molecule has 0 amide bonds. The minimum absolute atomic E-state index is 0.0354. The number of aryl methyl sites for hydroxylation is 1. The van der Waals surface area contributed by atoms with Crippen LogP contribution in [0.3, 0.4) is 0 Å². The van der Waals surface area contributed by atoms with Gasteiger partial charge in [-0.15, -0.1) is 0 Å². The maximum atomic E-state index is 12.6. The van der Waals surface area contributed by atoms with E-state index in [0.717, 1.165) is 0 Å². The van der Waals surface area contributed by atoms with Gasteiger partial charge in [0.1, 0.15) is 58.6 Å². The minimum atomic E-state index is -1.69. The van der Waals surface area contributed by atoms with E-state index in [1.807, 2.05) is 0 Å². The maximum Gasteiger partial charge on any atom is 0.347 e. The van der Waals surface area contributed by atoms with Crippen LogP contribution >= 0.6 is 0 Å². The molecule has 0 bridgehead atoms. The summed E-state index contributed by atoms with van der Waals surface area (Å²) in [6.07, 6.45) is -7.68. The van der Waals surface area contributed by atoms with Gasteiger partial charge in [0.15, 0.2) is 0 Å². The van der Waals surface area contributed by atoms with Crippen LogP contribution < -0.4 is 19.8 Å². The second-order valence-electron chi connectivity index (χ2n) is 7.68. The molecular formula is C22H24O11. The molecule has 1 fully saturated rings. The van der Waals surface area contributed by atoms with E-state index >= 15 is 0 Å². The van der Waals surface area contributed by atoms with Crippen molar-refractivity contribution in [2.24, 2.45) is 0 Å². The fourth-order valence-electron chi connectivity index (χ4n) is 4.02. The van der Waals surface area contributed by atoms with Crippen molar-refractivity contribution < 1.29 is 48.9 Å². The summed E-state index contributed by atoms with van der Waals surface area (Å²) in [6.45, 7) is 0.939. The number of aliphatic hydroxyl groups excluding tert-OH is 4. The Morgan fingerprint density at radius 1 is 0.970 bits per heavy atom. The Bertz CT molecular complexity index is 1250. The highest BCUT2D eigenvalue weighted by Gasteiger charge is 2.45. The lowest BCUT2D eigenvalue weighted by molar-refractivity contribution is -0.277. The number of phenolic OH excluding ortho intramolecular Hbond substituents is 1. The Hall–Kier alpha value is -3.09. The van der Waals surface area contributed by atoms with Gasteiger partial charge in [0.2, 0.25) is 6.29 Å². The van der Waals surface area contributed by atoms with Gasteiger partial charge in [-0.1, -0.05) is 0 Å². The van der Waals surface area contributed by atoms with Crippen molar-refractivity contribution in [2.45, 2.75) is 37.6 Å². The molecule has 11 nitrogen and oxygen atoms in total. The molecule has 0 saturated carbocycles. The molecule has 178 valence electrons. The van der Waals surface area contributed by atoms with Crippen LogP contribution in [0.15, 0.2) is 27.4 Å². The number of aliphatic hydroxyl groups is 4. The zero-order chi connectivity index (χ0) is 24.0. The molecule has 4 rings (SSSR count). The molecule has 5 atom stereocenters. The van der Waals surface area contributed by atoms with Crippen molar-refractivity contribution in [2.75, 3.05) is 20.8 Å². The standard InChI is InChI=1S/C22H24O11/c1-8-4-10-15(21(28)31-8)17(25)14-11(20(10)30-3)5-9(29-2)6-12(14)32-22-19(27)18(26)16(24)13(7-23)33-22/h4-6,13,16,18-19,22-27H,7H2,1-3H3/t13-,16-,18+,19-,22-/m1/s1. The van der Waals surface area contributed by atoms with Crippen molar-refractivity contribution in [3.8, 4) is 23.0 Å². The van der Waals surface area contributed by atoms with E-state index in [4.69, 9.17) is 23.4 Å². The van der Waals surface area contributed by atoms with Crippen molar-refractivity contribution in [3.05, 3.63) is 34.4 Å². The Labute approximate surface area is 186 Å². The smallest absolute Gasteiger partial charge is 0.347 e. The number of methoxy groups -OCH3 is 2. The molecule has 1 aliphatic heterocycles. The van der Waals surface area contributed by atoms with Crippen LogP contribution in [-0.2, 0) is 4.74 Å². The third kappa shape index (κ3) is 3.73. The summed E-state index contributed by atoms with van der Waals surface area (Å²) in [6, 6.07) is 4.49. The van der Waals surface area contributed by atoms with Gasteiger partial charge in [-0.2, -0.15) is 0 Å². The van der Waals surface area contributed by atoms with E-state index in [2.05, 4.69) is 0 Å². The van der Waals surface area contributed by atoms with Crippen LogP contribution in [0.4, 0.5) is 0 Å². The van der Waals surface area contributed by atoms with Crippen molar-refractivity contribution >= 4 is 21.5 Å². The number of fused-ring (bicyclic) bond motifs is 2. The summed E-state index contributed by atoms with van der Waals surface area (Å²) >= 11 is 0. The molecule has 0 radical (unpaired) electrons. The zero-order valence-corrected chi connectivity index (χ0v) is 18.0. The van der Waals surface area contributed by atoms with E-state index in [1.165, 1.54) is 20.3 Å². The monoisotopic (exact) mass is 464 g/mol. The average Bonchev–Trinajstić information content (AvgIpc) is 2.78. The normalized spacial score (nSPS) is 25.4. The SMILES string of the molecule is COc1cc(O[C@@H]2O[C@H](CO)[C@@H](O)[C@H](O)[C@H]2O)c2c(O)c3c(=O)oc(C)cc3c(OC)c2c1. The molecule has 2 aromatic carbocycles. The van der Waals surface area contributed by atoms with E-state index < -0.39 is 48.7 Å². The van der Waals surface area contributed by atoms with Gasteiger partial charge >= 0.3 is 5.63 Å². The highest BCUT2D eigenvalue weighted by Crippen LogP contribution is 2.47. The van der Waals surface area contributed by atoms with E-state index in [9.17, 15) is 30.3 Å². The van der Waals surface area contributed by atoms with Crippen LogP contribution in [0, 0.1) is 6.92 Å². The topological polar surface area (TPSA) is 168 Å². The fraction of sp³-hybridized carbons (Fsp3) is 0.409. The molecule has 5 N–H and O–H groups in total. The number of aromatic hydroxyl groups is 1. The number of hydrogen-bond acceptors (Lipinski definition) is 11. The van der Waals surface area contributed by atoms with Crippen molar-refractivity contribution in [1.29, 1.82) is 0 Å². The molecule has 0 spiro atoms. The highest BCUT2D eigenvalue weighted by molar-refractivity contribution is 6.13. The predicted octanol–water partition coefficient (Wildman–Crippen LogP) is 0.156. The third-order valence-electron chi connectivity index (χ3n) is 5.64. The molecule has 0 unspecified atom stereocenters. The van der Waals surface area contributed by atoms with Gasteiger partial charge < -0.3 is 48.9 Å². The third-order valence-corrected chi connectivity index (χ3v) is 5.64. The largest absolute Gasteiger partial charge is 0.506 e. The molecule has 2 heterocycles.